The number of aliphatic hydroxyl groups is 1. The maximum absolute atomic E-state index is 13.3. The Bertz CT molecular complexity index is 1500. The van der Waals surface area contributed by atoms with Crippen LogP contribution in [0, 0.1) is 6.92 Å². The lowest BCUT2D eigenvalue weighted by Gasteiger charge is -2.16. The van der Waals surface area contributed by atoms with E-state index in [0.29, 0.717) is 23.1 Å². The first-order chi connectivity index (χ1) is 14.1. The lowest BCUT2D eigenvalue weighted by Crippen LogP contribution is -2.25. The minimum Gasteiger partial charge on any atom is -0.385 e. The molecule has 142 valence electrons. The molecule has 0 saturated heterocycles. The van der Waals surface area contributed by atoms with Crippen LogP contribution in [-0.4, -0.2) is 24.6 Å². The molecule has 2 atom stereocenters. The molecule has 1 aliphatic rings. The van der Waals surface area contributed by atoms with Crippen molar-refractivity contribution in [2.24, 2.45) is 0 Å². The van der Waals surface area contributed by atoms with Gasteiger partial charge in [-0.2, -0.15) is 0 Å². The third kappa shape index (κ3) is 2.17. The fourth-order valence-electron chi connectivity index (χ4n) is 4.65. The summed E-state index contributed by atoms with van der Waals surface area (Å²) in [4.78, 5) is 26.0. The van der Waals surface area contributed by atoms with E-state index in [0.717, 1.165) is 33.1 Å². The first-order valence-electron chi connectivity index (χ1n) is 9.68. The van der Waals surface area contributed by atoms with Crippen molar-refractivity contribution >= 4 is 32.7 Å². The van der Waals surface area contributed by atoms with Crippen LogP contribution < -0.4 is 5.56 Å². The van der Waals surface area contributed by atoms with Gasteiger partial charge in [-0.3, -0.25) is 14.3 Å². The molecule has 1 aliphatic heterocycles. The number of rotatable bonds is 1. The summed E-state index contributed by atoms with van der Waals surface area (Å²) in [6.07, 6.45) is 1.45. The molecule has 0 spiro atoms. The Hall–Kier alpha value is -3.51. The zero-order valence-electron chi connectivity index (χ0n) is 15.8. The van der Waals surface area contributed by atoms with E-state index in [1.165, 1.54) is 0 Å². The van der Waals surface area contributed by atoms with Crippen LogP contribution in [0.2, 0.25) is 0 Å². The molecule has 6 nitrogen and oxygen atoms in total. The standard InChI is InChI=1S/C23H18N4O2/c1-12-21-20(13-6-2-4-8-16(13)25-21)15(11-24-12)18-10-19(28)22-26-17-9-5-3-7-14(17)23(29)27(18)22/h2-9,11,18-19,25,28H,10H2,1H3. The van der Waals surface area contributed by atoms with Crippen LogP contribution in [0.15, 0.2) is 59.5 Å². The van der Waals surface area contributed by atoms with Crippen LogP contribution in [0.3, 0.4) is 0 Å². The van der Waals surface area contributed by atoms with Crippen LogP contribution in [0.1, 0.15) is 35.6 Å². The highest BCUT2D eigenvalue weighted by atomic mass is 16.3. The van der Waals surface area contributed by atoms with E-state index in [1.807, 2.05) is 49.5 Å². The Morgan fingerprint density at radius 1 is 1.10 bits per heavy atom. The largest absolute Gasteiger partial charge is 0.385 e. The van der Waals surface area contributed by atoms with Crippen molar-refractivity contribution in [2.75, 3.05) is 0 Å². The summed E-state index contributed by atoms with van der Waals surface area (Å²) < 4.78 is 1.65. The lowest BCUT2D eigenvalue weighted by molar-refractivity contribution is 0.172. The highest BCUT2D eigenvalue weighted by molar-refractivity contribution is 6.09. The number of hydrogen-bond donors (Lipinski definition) is 2. The Labute approximate surface area is 165 Å². The zero-order chi connectivity index (χ0) is 19.7. The summed E-state index contributed by atoms with van der Waals surface area (Å²) in [5.74, 6) is 0.423. The third-order valence-electron chi connectivity index (χ3n) is 6.00. The number of benzene rings is 2. The van der Waals surface area contributed by atoms with Gasteiger partial charge in [0.1, 0.15) is 11.9 Å². The number of H-pyrrole nitrogens is 1. The fraction of sp³-hybridized carbons (Fsp3) is 0.174. The number of fused-ring (bicyclic) bond motifs is 5. The summed E-state index contributed by atoms with van der Waals surface area (Å²) in [5.41, 5.74) is 4.32. The number of aromatic nitrogens is 4. The van der Waals surface area contributed by atoms with Crippen molar-refractivity contribution in [1.29, 1.82) is 0 Å². The topological polar surface area (TPSA) is 83.8 Å². The van der Waals surface area contributed by atoms with Gasteiger partial charge in [0.25, 0.3) is 5.56 Å². The summed E-state index contributed by atoms with van der Waals surface area (Å²) in [6, 6.07) is 15.1. The normalized spacial score (nSPS) is 18.7. The van der Waals surface area contributed by atoms with Crippen LogP contribution in [-0.2, 0) is 0 Å². The number of aromatic amines is 1. The van der Waals surface area contributed by atoms with Gasteiger partial charge < -0.3 is 10.1 Å². The Morgan fingerprint density at radius 2 is 1.86 bits per heavy atom. The number of hydrogen-bond acceptors (Lipinski definition) is 4. The van der Waals surface area contributed by atoms with E-state index in [9.17, 15) is 9.90 Å². The number of aryl methyl sites for hydroxylation is 1. The van der Waals surface area contributed by atoms with Gasteiger partial charge in [0.2, 0.25) is 0 Å². The SMILES string of the molecule is Cc1ncc(C2CC(O)c3nc4ccccc4c(=O)n32)c2c1[nH]c1ccccc12. The molecule has 0 bridgehead atoms. The molecule has 4 heterocycles. The quantitative estimate of drug-likeness (QED) is 0.462. The molecule has 0 fully saturated rings. The second kappa shape index (κ2) is 5.75. The van der Waals surface area contributed by atoms with Crippen molar-refractivity contribution in [2.45, 2.75) is 25.5 Å². The molecule has 2 unspecified atom stereocenters. The van der Waals surface area contributed by atoms with Gasteiger partial charge in [-0.25, -0.2) is 4.98 Å². The monoisotopic (exact) mass is 382 g/mol. The van der Waals surface area contributed by atoms with Crippen molar-refractivity contribution in [3.8, 4) is 0 Å². The van der Waals surface area contributed by atoms with E-state index < -0.39 is 6.10 Å². The second-order valence-electron chi connectivity index (χ2n) is 7.65. The molecular weight excluding hydrogens is 364 g/mol. The molecule has 6 rings (SSSR count). The van der Waals surface area contributed by atoms with Gasteiger partial charge in [-0.1, -0.05) is 30.3 Å². The van der Waals surface area contributed by atoms with E-state index in [2.05, 4.69) is 21.0 Å². The summed E-state index contributed by atoms with van der Waals surface area (Å²) in [5, 5.41) is 13.4. The maximum Gasteiger partial charge on any atom is 0.262 e. The van der Waals surface area contributed by atoms with Gasteiger partial charge in [-0.05, 0) is 25.1 Å². The summed E-state index contributed by atoms with van der Waals surface area (Å²) in [6.45, 7) is 1.97. The summed E-state index contributed by atoms with van der Waals surface area (Å²) >= 11 is 0. The van der Waals surface area contributed by atoms with Crippen molar-refractivity contribution in [3.05, 3.63) is 82.2 Å². The summed E-state index contributed by atoms with van der Waals surface area (Å²) in [7, 11) is 0. The third-order valence-corrected chi connectivity index (χ3v) is 6.00. The number of para-hydroxylation sites is 2. The fourth-order valence-corrected chi connectivity index (χ4v) is 4.65. The molecule has 0 aliphatic carbocycles. The van der Waals surface area contributed by atoms with Crippen molar-refractivity contribution < 1.29 is 5.11 Å². The molecular formula is C23H18N4O2. The molecule has 0 saturated carbocycles. The van der Waals surface area contributed by atoms with Crippen LogP contribution in [0.4, 0.5) is 0 Å². The first kappa shape index (κ1) is 16.4. The molecule has 2 N–H and O–H groups in total. The zero-order valence-corrected chi connectivity index (χ0v) is 15.8. The molecule has 5 aromatic rings. The highest BCUT2D eigenvalue weighted by Gasteiger charge is 2.35. The van der Waals surface area contributed by atoms with E-state index >= 15 is 0 Å². The second-order valence-corrected chi connectivity index (χ2v) is 7.65. The van der Waals surface area contributed by atoms with Crippen LogP contribution >= 0.6 is 0 Å². The number of pyridine rings is 1. The van der Waals surface area contributed by atoms with Crippen LogP contribution in [0.25, 0.3) is 32.7 Å². The highest BCUT2D eigenvalue weighted by Crippen LogP contribution is 2.41. The average Bonchev–Trinajstić information content (AvgIpc) is 3.28. The van der Waals surface area contributed by atoms with Crippen molar-refractivity contribution in [1.82, 2.24) is 19.5 Å². The molecule has 0 radical (unpaired) electrons. The van der Waals surface area contributed by atoms with Crippen LogP contribution in [0.5, 0.6) is 0 Å². The smallest absolute Gasteiger partial charge is 0.262 e. The van der Waals surface area contributed by atoms with Crippen molar-refractivity contribution in [3.63, 3.8) is 0 Å². The molecule has 29 heavy (non-hydrogen) atoms. The maximum atomic E-state index is 13.3. The van der Waals surface area contributed by atoms with E-state index in [1.54, 1.807) is 10.6 Å². The first-order valence-corrected chi connectivity index (χ1v) is 9.68. The molecule has 3 aromatic heterocycles. The van der Waals surface area contributed by atoms with Gasteiger partial charge in [0.15, 0.2) is 0 Å². The van der Waals surface area contributed by atoms with Gasteiger partial charge in [-0.15, -0.1) is 0 Å². The minimum atomic E-state index is -0.793. The predicted octanol–water partition coefficient (Wildman–Crippen LogP) is 3.76. The lowest BCUT2D eigenvalue weighted by atomic mass is 9.99. The van der Waals surface area contributed by atoms with E-state index in [-0.39, 0.29) is 11.6 Å². The Kier molecular flexibility index (Phi) is 3.26. The number of aliphatic hydroxyl groups excluding tert-OH is 1. The number of nitrogens with zero attached hydrogens (tertiary/aromatic N) is 3. The average molecular weight is 382 g/mol. The number of nitrogens with one attached hydrogen (secondary N) is 1. The van der Waals surface area contributed by atoms with Gasteiger partial charge >= 0.3 is 0 Å². The molecule has 2 aromatic carbocycles. The Balaban J connectivity index is 1.70. The minimum absolute atomic E-state index is 0.124. The Morgan fingerprint density at radius 3 is 2.72 bits per heavy atom. The van der Waals surface area contributed by atoms with E-state index in [4.69, 9.17) is 0 Å². The molecule has 6 heteroatoms. The van der Waals surface area contributed by atoms with Gasteiger partial charge in [0.05, 0.1) is 28.2 Å². The molecule has 0 amide bonds. The predicted molar refractivity (Wildman–Crippen MR) is 112 cm³/mol. The van der Waals surface area contributed by atoms with Gasteiger partial charge in [0, 0.05) is 34.5 Å².